The summed E-state index contributed by atoms with van der Waals surface area (Å²) in [6.07, 6.45) is 0.770. The number of ether oxygens (including phenoxy) is 1. The van der Waals surface area contributed by atoms with Crippen LogP contribution in [0, 0.1) is 0 Å². The number of benzene rings is 1. The van der Waals surface area contributed by atoms with Crippen LogP contribution >= 0.6 is 39.2 Å². The molecule has 0 saturated heterocycles. The van der Waals surface area contributed by atoms with Crippen molar-refractivity contribution in [2.45, 2.75) is 15.7 Å². The third-order valence-corrected chi connectivity index (χ3v) is 4.25. The van der Waals surface area contributed by atoms with Crippen molar-refractivity contribution in [1.29, 1.82) is 0 Å². The van der Waals surface area contributed by atoms with Gasteiger partial charge in [-0.3, -0.25) is 0 Å². The second-order valence-electron chi connectivity index (χ2n) is 3.28. The Bertz CT molecular complexity index is 490. The lowest BCUT2D eigenvalue weighted by Gasteiger charge is -1.97. The van der Waals surface area contributed by atoms with Crippen LogP contribution in [0.25, 0.3) is 0 Å². The molecule has 3 nitrogen and oxygen atoms in total. The van der Waals surface area contributed by atoms with Gasteiger partial charge in [-0.15, -0.1) is 0 Å². The molecule has 0 fully saturated rings. The average molecular weight is 331 g/mol. The van der Waals surface area contributed by atoms with E-state index in [-0.39, 0.29) is 0 Å². The maximum Gasteiger partial charge on any atom is 0.174 e. The molecule has 0 aliphatic heterocycles. The number of hydrogen-bond donors (Lipinski definition) is 0. The van der Waals surface area contributed by atoms with E-state index in [0.717, 1.165) is 26.0 Å². The van der Waals surface area contributed by atoms with Gasteiger partial charge in [-0.1, -0.05) is 33.8 Å². The molecule has 6 heteroatoms. The van der Waals surface area contributed by atoms with Gasteiger partial charge in [-0.25, -0.2) is 4.98 Å². The van der Waals surface area contributed by atoms with E-state index in [2.05, 4.69) is 37.4 Å². The van der Waals surface area contributed by atoms with E-state index in [0.29, 0.717) is 6.61 Å². The highest BCUT2D eigenvalue weighted by Gasteiger charge is 2.05. The van der Waals surface area contributed by atoms with Gasteiger partial charge in [0, 0.05) is 22.9 Å². The van der Waals surface area contributed by atoms with Crippen LogP contribution in [-0.2, 0) is 11.2 Å². The molecule has 17 heavy (non-hydrogen) atoms. The number of aromatic nitrogens is 2. The molecule has 1 aromatic carbocycles. The maximum atomic E-state index is 5.00. The van der Waals surface area contributed by atoms with E-state index >= 15 is 0 Å². The average Bonchev–Trinajstić information content (AvgIpc) is 2.74. The minimum Gasteiger partial charge on any atom is -0.384 e. The fourth-order valence-corrected chi connectivity index (χ4v) is 3.45. The Morgan fingerprint density at radius 1 is 1.47 bits per heavy atom. The van der Waals surface area contributed by atoms with Crippen molar-refractivity contribution in [2.75, 3.05) is 13.7 Å². The number of hydrogen-bond acceptors (Lipinski definition) is 5. The Kier molecular flexibility index (Phi) is 4.97. The van der Waals surface area contributed by atoms with Crippen molar-refractivity contribution in [3.05, 3.63) is 34.6 Å². The molecule has 0 bridgehead atoms. The van der Waals surface area contributed by atoms with E-state index in [9.17, 15) is 0 Å². The summed E-state index contributed by atoms with van der Waals surface area (Å²) in [7, 11) is 1.68. The molecule has 0 aliphatic rings. The zero-order chi connectivity index (χ0) is 12.1. The van der Waals surface area contributed by atoms with Gasteiger partial charge < -0.3 is 4.74 Å². The highest BCUT2D eigenvalue weighted by Crippen LogP contribution is 2.30. The highest BCUT2D eigenvalue weighted by atomic mass is 79.9. The lowest BCUT2D eigenvalue weighted by Crippen LogP contribution is -1.95. The zero-order valence-electron chi connectivity index (χ0n) is 9.22. The fourth-order valence-electron chi connectivity index (χ4n) is 1.21. The van der Waals surface area contributed by atoms with Gasteiger partial charge in [0.15, 0.2) is 4.34 Å². The lowest BCUT2D eigenvalue weighted by atomic mass is 10.4. The van der Waals surface area contributed by atoms with Gasteiger partial charge in [0.1, 0.15) is 5.82 Å². The molecule has 0 N–H and O–H groups in total. The molecule has 0 amide bonds. The van der Waals surface area contributed by atoms with Crippen LogP contribution in [0.15, 0.2) is 38.0 Å². The summed E-state index contributed by atoms with van der Waals surface area (Å²) < 4.78 is 11.3. The molecule has 2 rings (SSSR count). The first-order valence-corrected chi connectivity index (χ1v) is 7.41. The van der Waals surface area contributed by atoms with E-state index in [4.69, 9.17) is 4.74 Å². The lowest BCUT2D eigenvalue weighted by molar-refractivity contribution is 0.200. The summed E-state index contributed by atoms with van der Waals surface area (Å²) in [4.78, 5) is 5.61. The fraction of sp³-hybridized carbons (Fsp3) is 0.273. The molecule has 1 heterocycles. The molecule has 90 valence electrons. The Labute approximate surface area is 117 Å². The second-order valence-corrected chi connectivity index (χ2v) is 6.27. The molecule has 0 unspecified atom stereocenters. The van der Waals surface area contributed by atoms with Crippen molar-refractivity contribution in [2.24, 2.45) is 0 Å². The Balaban J connectivity index is 2.01. The molecule has 0 spiro atoms. The molecule has 0 aliphatic carbocycles. The van der Waals surface area contributed by atoms with Crippen molar-refractivity contribution < 1.29 is 4.74 Å². The van der Waals surface area contributed by atoms with Crippen molar-refractivity contribution >= 4 is 39.2 Å². The summed E-state index contributed by atoms with van der Waals surface area (Å²) in [6.45, 7) is 0.664. The molecular weight excluding hydrogens is 320 g/mol. The molecule has 1 aromatic heterocycles. The second kappa shape index (κ2) is 6.49. The Morgan fingerprint density at radius 3 is 3.12 bits per heavy atom. The Morgan fingerprint density at radius 2 is 2.35 bits per heavy atom. The van der Waals surface area contributed by atoms with Crippen LogP contribution in [0.4, 0.5) is 0 Å². The minimum absolute atomic E-state index is 0.664. The molecule has 0 atom stereocenters. The van der Waals surface area contributed by atoms with Crippen LogP contribution in [0.2, 0.25) is 0 Å². The predicted octanol–water partition coefficient (Wildman–Crippen LogP) is 3.64. The Hall–Kier alpha value is -0.430. The van der Waals surface area contributed by atoms with Crippen LogP contribution in [0.3, 0.4) is 0 Å². The van der Waals surface area contributed by atoms with E-state index < -0.39 is 0 Å². The number of rotatable bonds is 5. The monoisotopic (exact) mass is 330 g/mol. The zero-order valence-corrected chi connectivity index (χ0v) is 12.4. The number of methoxy groups -OCH3 is 1. The molecule has 0 radical (unpaired) electrons. The smallest absolute Gasteiger partial charge is 0.174 e. The van der Waals surface area contributed by atoms with E-state index in [1.54, 1.807) is 18.9 Å². The third kappa shape index (κ3) is 4.06. The molecule has 0 saturated carbocycles. The normalized spacial score (nSPS) is 10.7. The van der Waals surface area contributed by atoms with Gasteiger partial charge in [-0.05, 0) is 29.7 Å². The number of halogens is 1. The van der Waals surface area contributed by atoms with Gasteiger partial charge in [0.25, 0.3) is 0 Å². The van der Waals surface area contributed by atoms with Crippen molar-refractivity contribution in [3.8, 4) is 0 Å². The summed E-state index contributed by atoms with van der Waals surface area (Å²) in [5.41, 5.74) is 0. The molecule has 2 aromatic rings. The predicted molar refractivity (Wildman–Crippen MR) is 73.8 cm³/mol. The summed E-state index contributed by atoms with van der Waals surface area (Å²) in [5, 5.41) is 0. The standard InChI is InChI=1S/C11H11BrN2OS2/c1-15-6-5-10-13-11(17-14-10)16-9-4-2-3-8(12)7-9/h2-4,7H,5-6H2,1H3. The van der Waals surface area contributed by atoms with Crippen molar-refractivity contribution in [3.63, 3.8) is 0 Å². The van der Waals surface area contributed by atoms with E-state index in [1.165, 1.54) is 11.5 Å². The highest BCUT2D eigenvalue weighted by molar-refractivity contribution is 9.10. The number of nitrogens with zero attached hydrogens (tertiary/aromatic N) is 2. The topological polar surface area (TPSA) is 35.0 Å². The summed E-state index contributed by atoms with van der Waals surface area (Å²) in [5.74, 6) is 0.856. The largest absolute Gasteiger partial charge is 0.384 e. The van der Waals surface area contributed by atoms with Gasteiger partial charge >= 0.3 is 0 Å². The first kappa shape index (κ1) is 13.0. The minimum atomic E-state index is 0.664. The maximum absolute atomic E-state index is 5.00. The molecular formula is C11H11BrN2OS2. The SMILES string of the molecule is COCCc1nsc(Sc2cccc(Br)c2)n1. The van der Waals surface area contributed by atoms with Crippen LogP contribution in [0.5, 0.6) is 0 Å². The van der Waals surface area contributed by atoms with Crippen LogP contribution in [-0.4, -0.2) is 23.1 Å². The third-order valence-electron chi connectivity index (χ3n) is 1.98. The quantitative estimate of drug-likeness (QED) is 0.838. The van der Waals surface area contributed by atoms with Gasteiger partial charge in [0.05, 0.1) is 6.61 Å². The van der Waals surface area contributed by atoms with Crippen molar-refractivity contribution in [1.82, 2.24) is 9.36 Å². The first-order valence-electron chi connectivity index (χ1n) is 5.03. The first-order chi connectivity index (χ1) is 8.28. The van der Waals surface area contributed by atoms with Crippen LogP contribution < -0.4 is 0 Å². The van der Waals surface area contributed by atoms with Gasteiger partial charge in [-0.2, -0.15) is 4.37 Å². The summed E-state index contributed by atoms with van der Waals surface area (Å²) in [6, 6.07) is 8.15. The summed E-state index contributed by atoms with van der Waals surface area (Å²) >= 11 is 6.51. The van der Waals surface area contributed by atoms with Crippen LogP contribution in [0.1, 0.15) is 5.82 Å². The van der Waals surface area contributed by atoms with Gasteiger partial charge in [0.2, 0.25) is 0 Å². The van der Waals surface area contributed by atoms with E-state index in [1.807, 2.05) is 12.1 Å².